The highest BCUT2D eigenvalue weighted by Crippen LogP contribution is 2.64. The van der Waals surface area contributed by atoms with Crippen molar-refractivity contribution in [1.29, 1.82) is 0 Å². The summed E-state index contributed by atoms with van der Waals surface area (Å²) < 4.78 is 0. The van der Waals surface area contributed by atoms with E-state index in [1.165, 1.54) is 131 Å². The van der Waals surface area contributed by atoms with Crippen molar-refractivity contribution in [2.45, 2.75) is 170 Å². The van der Waals surface area contributed by atoms with Crippen LogP contribution in [0.5, 0.6) is 0 Å². The number of hydrogen-bond acceptors (Lipinski definition) is 4. The molecule has 7 heteroatoms. The summed E-state index contributed by atoms with van der Waals surface area (Å²) in [5.41, 5.74) is 0. The van der Waals surface area contributed by atoms with Crippen LogP contribution in [-0.2, 0) is 0 Å². The number of thiocarbonyl (C=S) groups is 3. The van der Waals surface area contributed by atoms with E-state index in [2.05, 4.69) is 19.6 Å². The van der Waals surface area contributed by atoms with E-state index in [9.17, 15) is 0 Å². The molecule has 12 rings (SSSR count). The Bertz CT molecular complexity index is 1220. The van der Waals surface area contributed by atoms with Gasteiger partial charge in [-0.15, -0.1) is 0 Å². The second kappa shape index (κ2) is 9.90. The minimum Gasteiger partial charge on any atom is -0.356 e. The molecule has 6 heterocycles. The summed E-state index contributed by atoms with van der Waals surface area (Å²) in [5, 5.41) is 0. The fourth-order valence-corrected chi connectivity index (χ4v) is 18.5. The van der Waals surface area contributed by atoms with E-state index in [4.69, 9.17) is 36.7 Å². The Balaban J connectivity index is 1.07. The van der Waals surface area contributed by atoms with E-state index in [-0.39, 0.29) is 0 Å². The zero-order valence-electron chi connectivity index (χ0n) is 27.6. The molecule has 0 spiro atoms. The van der Waals surface area contributed by atoms with Crippen LogP contribution in [0, 0.1) is 53.3 Å². The summed E-state index contributed by atoms with van der Waals surface area (Å²) in [6.07, 6.45) is 25.3. The van der Waals surface area contributed by atoms with Crippen LogP contribution >= 0.6 is 36.7 Å². The van der Waals surface area contributed by atoms with Gasteiger partial charge in [0.1, 0.15) is 0 Å². The van der Waals surface area contributed by atoms with Gasteiger partial charge in [-0.3, -0.25) is 4.90 Å². The van der Waals surface area contributed by atoms with Gasteiger partial charge in [0.15, 0.2) is 0 Å². The number of piperazine rings is 3. The highest BCUT2D eigenvalue weighted by molar-refractivity contribution is 7.80. The number of nitrogens with zero attached hydrogens (tertiary/aromatic N) is 4. The maximum atomic E-state index is 6.78. The molecule has 0 radical (unpaired) electrons. The predicted molar refractivity (Wildman–Crippen MR) is 194 cm³/mol. The van der Waals surface area contributed by atoms with Gasteiger partial charge < -0.3 is 14.7 Å². The van der Waals surface area contributed by atoms with E-state index in [0.717, 1.165) is 35.5 Å². The molecule has 248 valence electrons. The van der Waals surface area contributed by atoms with E-state index >= 15 is 0 Å². The summed E-state index contributed by atoms with van der Waals surface area (Å²) in [5.74, 6) is 7.03. The van der Waals surface area contributed by atoms with Crippen LogP contribution in [0.15, 0.2) is 0 Å². The molecule has 0 N–H and O–H groups in total. The van der Waals surface area contributed by atoms with Crippen LogP contribution in [-0.4, -0.2) is 88.9 Å². The molecule has 0 aromatic rings. The van der Waals surface area contributed by atoms with Gasteiger partial charge in [-0.2, -0.15) is 0 Å². The molecule has 4 nitrogen and oxygen atoms in total. The lowest BCUT2D eigenvalue weighted by molar-refractivity contribution is -0.256. The summed E-state index contributed by atoms with van der Waals surface area (Å²) in [6.45, 7) is 0. The lowest BCUT2D eigenvalue weighted by Gasteiger charge is -2.80. The highest BCUT2D eigenvalue weighted by atomic mass is 32.1. The Morgan fingerprint density at radius 2 is 0.630 bits per heavy atom. The second-order valence-corrected chi connectivity index (χ2v) is 20.0. The average molecular weight is 675 g/mol. The fourth-order valence-electron chi connectivity index (χ4n) is 16.8. The molecule has 18 unspecified atom stereocenters. The maximum Gasteiger partial charge on any atom is 0.0819 e. The first-order valence-corrected chi connectivity index (χ1v) is 21.6. The molecule has 0 aromatic heterocycles. The molecule has 6 aliphatic heterocycles. The summed E-state index contributed by atoms with van der Waals surface area (Å²) in [4.78, 5) is 16.8. The topological polar surface area (TPSA) is 13.0 Å². The van der Waals surface area contributed by atoms with Crippen molar-refractivity contribution < 1.29 is 0 Å². The Morgan fingerprint density at radius 3 is 0.957 bits per heavy atom. The zero-order chi connectivity index (χ0) is 30.2. The maximum absolute atomic E-state index is 6.78. The Hall–Kier alpha value is -0.370. The third-order valence-electron chi connectivity index (χ3n) is 17.8. The van der Waals surface area contributed by atoms with Gasteiger partial charge in [0.2, 0.25) is 0 Å². The molecule has 6 saturated carbocycles. The van der Waals surface area contributed by atoms with Crippen molar-refractivity contribution in [3.8, 4) is 0 Å². The largest absolute Gasteiger partial charge is 0.356 e. The van der Waals surface area contributed by atoms with Crippen LogP contribution in [0.4, 0.5) is 0 Å². The van der Waals surface area contributed by atoms with Crippen molar-refractivity contribution in [3.05, 3.63) is 0 Å². The van der Waals surface area contributed by atoms with Crippen LogP contribution in [0.25, 0.3) is 0 Å². The molecule has 0 aromatic carbocycles. The predicted octanol–water partition coefficient (Wildman–Crippen LogP) is 7.22. The number of piperidine rings is 3. The molecule has 0 amide bonds. The number of fused-ring (bicyclic) bond motifs is 9. The first kappa shape index (κ1) is 28.3. The Morgan fingerprint density at radius 1 is 0.326 bits per heavy atom. The lowest BCUT2D eigenvalue weighted by atomic mass is 9.51. The van der Waals surface area contributed by atoms with Gasteiger partial charge in [-0.05, 0) is 113 Å². The minimum absolute atomic E-state index is 0.607. The average Bonchev–Trinajstić information content (AvgIpc) is 3.10. The molecule has 6 aliphatic carbocycles. The van der Waals surface area contributed by atoms with Crippen molar-refractivity contribution in [2.24, 2.45) is 53.3 Å². The van der Waals surface area contributed by atoms with Gasteiger partial charge in [0.25, 0.3) is 0 Å². The zero-order valence-corrected chi connectivity index (χ0v) is 30.1. The second-order valence-electron chi connectivity index (χ2n) is 18.7. The Labute approximate surface area is 293 Å². The minimum atomic E-state index is 0.607. The van der Waals surface area contributed by atoms with Crippen molar-refractivity contribution in [3.63, 3.8) is 0 Å². The van der Waals surface area contributed by atoms with Gasteiger partial charge in [-0.1, -0.05) is 75.2 Å². The van der Waals surface area contributed by atoms with Gasteiger partial charge >= 0.3 is 0 Å². The normalized spacial score (nSPS) is 57.7. The van der Waals surface area contributed by atoms with Crippen LogP contribution < -0.4 is 0 Å². The summed E-state index contributed by atoms with van der Waals surface area (Å²) >= 11 is 20.3. The van der Waals surface area contributed by atoms with E-state index in [1.54, 1.807) is 0 Å². The van der Waals surface area contributed by atoms with E-state index in [0.29, 0.717) is 72.1 Å². The SMILES string of the molecule is S=C1C2CCCCC2C2CCC3C4C2N1C1CCC2C5CCCCC5C(=S)N5C6CCC7C8CCCCC8C(=S)N3C7C6N4C1C25. The highest BCUT2D eigenvalue weighted by Gasteiger charge is 2.74. The molecular formula is C39H54N4S3. The Kier molecular flexibility index (Phi) is 6.10. The monoisotopic (exact) mass is 674 g/mol. The lowest BCUT2D eigenvalue weighted by Crippen LogP contribution is -2.93. The third-order valence-corrected chi connectivity index (χ3v) is 19.4. The fraction of sp³-hybridized carbons (Fsp3) is 0.923. The molecule has 12 aliphatic rings. The van der Waals surface area contributed by atoms with Gasteiger partial charge in [-0.25, -0.2) is 0 Å². The van der Waals surface area contributed by atoms with Crippen LogP contribution in [0.2, 0.25) is 0 Å². The number of rotatable bonds is 0. The van der Waals surface area contributed by atoms with Crippen molar-refractivity contribution in [1.82, 2.24) is 19.6 Å². The molecule has 6 saturated heterocycles. The van der Waals surface area contributed by atoms with Crippen LogP contribution in [0.3, 0.4) is 0 Å². The van der Waals surface area contributed by atoms with E-state index < -0.39 is 0 Å². The molecule has 46 heavy (non-hydrogen) atoms. The quantitative estimate of drug-likeness (QED) is 0.249. The van der Waals surface area contributed by atoms with E-state index in [1.807, 2.05) is 0 Å². The smallest absolute Gasteiger partial charge is 0.0819 e. The standard InChI is InChI=1S/C39H54N4S3/c44-37-25-10-4-1-7-19(25)22-13-16-28-34-31(22)40(37)29-17-14-23-20-8-3-6-12-27(20)39(46)42-30-18-15-24-21-9-2-5-11-26(21)38(45)41(28)33(24)36(30)43(34)35(29)32(23)42/h19-36H,1-18H2. The van der Waals surface area contributed by atoms with Crippen molar-refractivity contribution in [2.75, 3.05) is 0 Å². The number of hydrogen-bond donors (Lipinski definition) is 0. The first-order valence-electron chi connectivity index (χ1n) is 20.4. The summed E-state index contributed by atoms with van der Waals surface area (Å²) in [7, 11) is 0. The van der Waals surface area contributed by atoms with Gasteiger partial charge in [0.05, 0.1) is 51.2 Å². The molecule has 0 bridgehead atoms. The third kappa shape index (κ3) is 3.27. The molecular weight excluding hydrogens is 621 g/mol. The summed E-state index contributed by atoms with van der Waals surface area (Å²) in [6, 6.07) is 5.53. The van der Waals surface area contributed by atoms with Crippen molar-refractivity contribution >= 4 is 51.6 Å². The molecule has 18 atom stereocenters. The first-order chi connectivity index (χ1) is 22.6. The van der Waals surface area contributed by atoms with Crippen LogP contribution in [0.1, 0.15) is 116 Å². The molecule has 12 fully saturated rings. The van der Waals surface area contributed by atoms with Gasteiger partial charge in [0, 0.05) is 35.9 Å².